The Labute approximate surface area is 165 Å². The predicted octanol–water partition coefficient (Wildman–Crippen LogP) is 2.78. The van der Waals surface area contributed by atoms with Crippen molar-refractivity contribution in [3.8, 4) is 11.8 Å². The Balaban J connectivity index is 1.65. The average molecular weight is 430 g/mol. The number of rotatable bonds is 5. The fraction of sp³-hybridized carbons (Fsp3) is 0.235. The van der Waals surface area contributed by atoms with E-state index in [0.717, 1.165) is 6.07 Å². The van der Waals surface area contributed by atoms with Crippen LogP contribution >= 0.6 is 23.2 Å². The fourth-order valence-corrected chi connectivity index (χ4v) is 5.02. The van der Waals surface area contributed by atoms with Gasteiger partial charge in [-0.1, -0.05) is 23.2 Å². The lowest BCUT2D eigenvalue weighted by Crippen LogP contribution is -2.71. The third-order valence-corrected chi connectivity index (χ3v) is 6.59. The minimum atomic E-state index is -3.81. The van der Waals surface area contributed by atoms with Crippen molar-refractivity contribution in [3.63, 3.8) is 0 Å². The first-order valence-electron chi connectivity index (χ1n) is 7.71. The van der Waals surface area contributed by atoms with Gasteiger partial charge in [0, 0.05) is 24.2 Å². The quantitative estimate of drug-likeness (QED) is 0.787. The summed E-state index contributed by atoms with van der Waals surface area (Å²) < 4.78 is 45.5. The van der Waals surface area contributed by atoms with Crippen LogP contribution in [0.15, 0.2) is 41.3 Å². The second-order valence-corrected chi connectivity index (χ2v) is 9.00. The number of hydrogen-bond acceptors (Lipinski definition) is 5. The third-order valence-electron chi connectivity index (χ3n) is 4.08. The molecule has 6 nitrogen and oxygen atoms in total. The zero-order valence-electron chi connectivity index (χ0n) is 13.8. The summed E-state index contributed by atoms with van der Waals surface area (Å²) in [6.07, 6.45) is 0. The molecule has 0 amide bonds. The number of nitrogens with zero attached hydrogens (tertiary/aromatic N) is 2. The van der Waals surface area contributed by atoms with Gasteiger partial charge >= 0.3 is 0 Å². The van der Waals surface area contributed by atoms with Crippen LogP contribution in [0.25, 0.3) is 0 Å². The van der Waals surface area contributed by atoms with E-state index in [1.54, 1.807) is 6.07 Å². The van der Waals surface area contributed by atoms with Crippen molar-refractivity contribution in [2.24, 2.45) is 5.73 Å². The van der Waals surface area contributed by atoms with Gasteiger partial charge in [0.15, 0.2) is 0 Å². The molecule has 27 heavy (non-hydrogen) atoms. The Bertz CT molecular complexity index is 1030. The molecule has 0 aliphatic carbocycles. The van der Waals surface area contributed by atoms with Crippen molar-refractivity contribution in [2.75, 3.05) is 19.7 Å². The first-order valence-corrected chi connectivity index (χ1v) is 9.91. The zero-order chi connectivity index (χ0) is 19.8. The monoisotopic (exact) mass is 429 g/mol. The number of hydrogen-bond donors (Lipinski definition) is 1. The summed E-state index contributed by atoms with van der Waals surface area (Å²) in [5.74, 6) is -0.491. The Morgan fingerprint density at radius 3 is 2.56 bits per heavy atom. The number of nitriles is 1. The highest BCUT2D eigenvalue weighted by atomic mass is 35.5. The van der Waals surface area contributed by atoms with E-state index in [1.807, 2.05) is 0 Å². The highest BCUT2D eigenvalue weighted by Gasteiger charge is 2.47. The molecular formula is C17H14Cl2FN3O3S. The lowest BCUT2D eigenvalue weighted by Gasteiger charge is -2.46. The minimum absolute atomic E-state index is 0.0152. The van der Waals surface area contributed by atoms with E-state index >= 15 is 0 Å². The van der Waals surface area contributed by atoms with Crippen LogP contribution in [0.5, 0.6) is 5.75 Å². The van der Waals surface area contributed by atoms with Gasteiger partial charge in [-0.15, -0.1) is 0 Å². The lowest BCUT2D eigenvalue weighted by atomic mass is 9.95. The predicted molar refractivity (Wildman–Crippen MR) is 98.7 cm³/mol. The standard InChI is InChI=1S/C17H14Cl2FN3O3S/c18-12-2-4-16(14(19)5-12)27(24,25)23-8-17(22,9-23)10-26-13-3-1-11(7-21)15(20)6-13/h1-6H,8-10,22H2. The number of sulfonamides is 1. The van der Waals surface area contributed by atoms with Gasteiger partial charge in [-0.2, -0.15) is 9.57 Å². The molecule has 0 radical (unpaired) electrons. The van der Waals surface area contributed by atoms with Gasteiger partial charge in [0.25, 0.3) is 0 Å². The molecule has 2 aromatic rings. The summed E-state index contributed by atoms with van der Waals surface area (Å²) in [7, 11) is -3.81. The topological polar surface area (TPSA) is 96.4 Å². The van der Waals surface area contributed by atoms with Crippen molar-refractivity contribution in [1.82, 2.24) is 4.31 Å². The molecule has 2 N–H and O–H groups in total. The van der Waals surface area contributed by atoms with Crippen LogP contribution in [-0.4, -0.2) is 38.0 Å². The summed E-state index contributed by atoms with van der Waals surface area (Å²) in [6, 6.07) is 9.69. The molecule has 10 heteroatoms. The number of nitrogens with two attached hydrogens (primary N) is 1. The first kappa shape index (κ1) is 19.9. The zero-order valence-corrected chi connectivity index (χ0v) is 16.2. The van der Waals surface area contributed by atoms with E-state index in [9.17, 15) is 12.8 Å². The average Bonchev–Trinajstić information content (AvgIpc) is 2.57. The fourth-order valence-electron chi connectivity index (χ4n) is 2.64. The molecule has 142 valence electrons. The van der Waals surface area contributed by atoms with Crippen molar-refractivity contribution in [2.45, 2.75) is 10.4 Å². The second-order valence-electron chi connectivity index (χ2n) is 6.25. The van der Waals surface area contributed by atoms with Gasteiger partial charge in [-0.3, -0.25) is 0 Å². The van der Waals surface area contributed by atoms with Crippen LogP contribution in [0, 0.1) is 17.1 Å². The first-order chi connectivity index (χ1) is 12.6. The molecule has 3 rings (SSSR count). The van der Waals surface area contributed by atoms with Crippen molar-refractivity contribution < 1.29 is 17.5 Å². The molecule has 1 aliphatic rings. The third kappa shape index (κ3) is 4.03. The van der Waals surface area contributed by atoms with Crippen molar-refractivity contribution in [1.29, 1.82) is 5.26 Å². The van der Waals surface area contributed by atoms with Crippen molar-refractivity contribution >= 4 is 33.2 Å². The smallest absolute Gasteiger partial charge is 0.244 e. The molecule has 2 aromatic carbocycles. The van der Waals surface area contributed by atoms with E-state index in [-0.39, 0.29) is 40.9 Å². The number of ether oxygens (including phenoxy) is 1. The van der Waals surface area contributed by atoms with Crippen LogP contribution in [0.1, 0.15) is 5.56 Å². The van der Waals surface area contributed by atoms with Gasteiger partial charge in [-0.05, 0) is 30.3 Å². The van der Waals surface area contributed by atoms with E-state index < -0.39 is 21.4 Å². The van der Waals surface area contributed by atoms with Gasteiger partial charge in [0.05, 0.1) is 16.1 Å². The molecule has 0 unspecified atom stereocenters. The largest absolute Gasteiger partial charge is 0.491 e. The van der Waals surface area contributed by atoms with E-state index in [0.29, 0.717) is 5.02 Å². The Kier molecular flexibility index (Phi) is 5.34. The maximum Gasteiger partial charge on any atom is 0.244 e. The van der Waals surface area contributed by atoms with Crippen LogP contribution < -0.4 is 10.5 Å². The van der Waals surface area contributed by atoms with E-state index in [1.165, 1.54) is 34.6 Å². The van der Waals surface area contributed by atoms with Gasteiger partial charge < -0.3 is 10.5 Å². The summed E-state index contributed by atoms with van der Waals surface area (Å²) in [5.41, 5.74) is 5.13. The van der Waals surface area contributed by atoms with Crippen molar-refractivity contribution in [3.05, 3.63) is 57.8 Å². The maximum absolute atomic E-state index is 13.6. The summed E-state index contributed by atoms with van der Waals surface area (Å²) in [5, 5.41) is 9.08. The molecular weight excluding hydrogens is 416 g/mol. The maximum atomic E-state index is 13.6. The van der Waals surface area contributed by atoms with Crippen LogP contribution in [0.3, 0.4) is 0 Å². The van der Waals surface area contributed by atoms with Gasteiger partial charge in [0.1, 0.15) is 29.1 Å². The molecule has 1 aliphatic heterocycles. The van der Waals surface area contributed by atoms with E-state index in [4.69, 9.17) is 38.9 Å². The summed E-state index contributed by atoms with van der Waals surface area (Å²) >= 11 is 11.8. The molecule has 0 spiro atoms. The van der Waals surface area contributed by atoms with E-state index in [2.05, 4.69) is 0 Å². The number of halogens is 3. The second kappa shape index (κ2) is 7.26. The van der Waals surface area contributed by atoms with Crippen LogP contribution in [-0.2, 0) is 10.0 Å². The summed E-state index contributed by atoms with van der Waals surface area (Å²) in [6.45, 7) is 0.0266. The summed E-state index contributed by atoms with van der Waals surface area (Å²) in [4.78, 5) is -0.0503. The molecule has 0 aromatic heterocycles. The van der Waals surface area contributed by atoms with Crippen LogP contribution in [0.2, 0.25) is 10.0 Å². The molecule has 1 saturated heterocycles. The molecule has 0 bridgehead atoms. The normalized spacial score (nSPS) is 16.4. The number of benzene rings is 2. The van der Waals surface area contributed by atoms with Gasteiger partial charge in [0.2, 0.25) is 10.0 Å². The Hall–Kier alpha value is -1.89. The lowest BCUT2D eigenvalue weighted by molar-refractivity contribution is 0.0952. The highest BCUT2D eigenvalue weighted by molar-refractivity contribution is 7.89. The molecule has 0 saturated carbocycles. The van der Waals surface area contributed by atoms with Crippen LogP contribution in [0.4, 0.5) is 4.39 Å². The Morgan fingerprint density at radius 2 is 1.96 bits per heavy atom. The molecule has 0 atom stereocenters. The molecule has 1 heterocycles. The SMILES string of the molecule is N#Cc1ccc(OCC2(N)CN(S(=O)(=O)c3ccc(Cl)cc3Cl)C2)cc1F. The highest BCUT2D eigenvalue weighted by Crippen LogP contribution is 2.32. The Morgan fingerprint density at radius 1 is 1.26 bits per heavy atom. The molecule has 1 fully saturated rings. The van der Waals surface area contributed by atoms with Gasteiger partial charge in [-0.25, -0.2) is 12.8 Å². The minimum Gasteiger partial charge on any atom is -0.491 e.